The van der Waals surface area contributed by atoms with Gasteiger partial charge in [0, 0.05) is 18.3 Å². The quantitative estimate of drug-likeness (QED) is 0.344. The number of anilines is 1. The molecule has 3 aromatic carbocycles. The molecule has 0 atom stereocenters. The van der Waals surface area contributed by atoms with Crippen molar-refractivity contribution in [3.05, 3.63) is 94.3 Å². The molecule has 32 heavy (non-hydrogen) atoms. The van der Waals surface area contributed by atoms with E-state index in [-0.39, 0.29) is 22.5 Å². The molecule has 0 saturated heterocycles. The SMILES string of the molecule is O=C(CSc1nc2ccccc2c(=O)n1-c1ccc(F)cc1F)N1CCc2ccccc21. The summed E-state index contributed by atoms with van der Waals surface area (Å²) < 4.78 is 29.2. The first-order valence-corrected chi connectivity index (χ1v) is 11.0. The van der Waals surface area contributed by atoms with Gasteiger partial charge in [0.15, 0.2) is 5.16 Å². The third kappa shape index (κ3) is 3.56. The second kappa shape index (κ2) is 8.20. The van der Waals surface area contributed by atoms with Crippen molar-refractivity contribution in [2.24, 2.45) is 0 Å². The molecule has 1 amide bonds. The molecule has 0 spiro atoms. The van der Waals surface area contributed by atoms with Gasteiger partial charge in [0.05, 0.1) is 22.3 Å². The van der Waals surface area contributed by atoms with Gasteiger partial charge in [0.2, 0.25) is 5.91 Å². The largest absolute Gasteiger partial charge is 0.311 e. The molecule has 1 aliphatic rings. The van der Waals surface area contributed by atoms with E-state index in [1.807, 2.05) is 24.3 Å². The fourth-order valence-corrected chi connectivity index (χ4v) is 4.77. The number of benzene rings is 3. The van der Waals surface area contributed by atoms with Gasteiger partial charge < -0.3 is 4.90 Å². The average molecular weight is 449 g/mol. The van der Waals surface area contributed by atoms with E-state index in [2.05, 4.69) is 4.98 Å². The molecular formula is C24H17F2N3O2S. The Balaban J connectivity index is 1.53. The number of thioether (sulfide) groups is 1. The molecule has 5 nitrogen and oxygen atoms in total. The third-order valence-corrected chi connectivity index (χ3v) is 6.33. The van der Waals surface area contributed by atoms with Gasteiger partial charge in [0.1, 0.15) is 11.6 Å². The minimum atomic E-state index is -0.883. The summed E-state index contributed by atoms with van der Waals surface area (Å²) in [6.07, 6.45) is 0.784. The van der Waals surface area contributed by atoms with Gasteiger partial charge in [-0.25, -0.2) is 13.8 Å². The molecule has 0 fully saturated rings. The molecule has 5 rings (SSSR count). The van der Waals surface area contributed by atoms with Crippen molar-refractivity contribution >= 4 is 34.3 Å². The van der Waals surface area contributed by atoms with Crippen LogP contribution in [0, 0.1) is 11.6 Å². The number of hydrogen-bond acceptors (Lipinski definition) is 4. The molecule has 0 aliphatic carbocycles. The zero-order chi connectivity index (χ0) is 22.2. The number of amides is 1. The van der Waals surface area contributed by atoms with Gasteiger partial charge in [-0.1, -0.05) is 42.1 Å². The van der Waals surface area contributed by atoms with Crippen LogP contribution in [-0.4, -0.2) is 27.8 Å². The van der Waals surface area contributed by atoms with Crippen LogP contribution in [0.3, 0.4) is 0 Å². The van der Waals surface area contributed by atoms with Crippen LogP contribution in [0.1, 0.15) is 5.56 Å². The highest BCUT2D eigenvalue weighted by Crippen LogP contribution is 2.29. The van der Waals surface area contributed by atoms with Gasteiger partial charge in [-0.2, -0.15) is 0 Å². The fourth-order valence-electron chi connectivity index (χ4n) is 3.89. The van der Waals surface area contributed by atoms with Crippen LogP contribution >= 0.6 is 11.8 Å². The Labute approximate surface area is 186 Å². The minimum absolute atomic E-state index is 0.0158. The van der Waals surface area contributed by atoms with Gasteiger partial charge in [0.25, 0.3) is 5.56 Å². The van der Waals surface area contributed by atoms with Crippen LogP contribution in [0.25, 0.3) is 16.6 Å². The standard InChI is InChI=1S/C24H17F2N3O2S/c25-16-9-10-21(18(26)13-16)29-23(31)17-6-2-3-7-19(17)27-24(29)32-14-22(30)28-12-11-15-5-1-4-8-20(15)28/h1-10,13H,11-12,14H2. The third-order valence-electron chi connectivity index (χ3n) is 5.41. The first kappa shape index (κ1) is 20.4. The molecule has 2 heterocycles. The summed E-state index contributed by atoms with van der Waals surface area (Å²) in [5.74, 6) is -1.74. The second-order valence-electron chi connectivity index (χ2n) is 7.36. The van der Waals surface area contributed by atoms with E-state index in [1.54, 1.807) is 29.2 Å². The Morgan fingerprint density at radius 2 is 1.78 bits per heavy atom. The highest BCUT2D eigenvalue weighted by molar-refractivity contribution is 7.99. The van der Waals surface area contributed by atoms with Crippen LogP contribution in [-0.2, 0) is 11.2 Å². The van der Waals surface area contributed by atoms with Gasteiger partial charge >= 0.3 is 0 Å². The lowest BCUT2D eigenvalue weighted by molar-refractivity contribution is -0.116. The van der Waals surface area contributed by atoms with Crippen molar-refractivity contribution in [1.82, 2.24) is 9.55 Å². The number of carbonyl (C=O) groups excluding carboxylic acids is 1. The van der Waals surface area contributed by atoms with Crippen LogP contribution in [0.4, 0.5) is 14.5 Å². The maximum atomic E-state index is 14.6. The molecule has 4 aromatic rings. The molecule has 0 bridgehead atoms. The van der Waals surface area contributed by atoms with Crippen LogP contribution in [0.2, 0.25) is 0 Å². The smallest absolute Gasteiger partial charge is 0.266 e. The lowest BCUT2D eigenvalue weighted by Crippen LogP contribution is -2.31. The van der Waals surface area contributed by atoms with Crippen molar-refractivity contribution in [1.29, 1.82) is 0 Å². The first-order valence-electron chi connectivity index (χ1n) is 10.0. The van der Waals surface area contributed by atoms with Crippen molar-refractivity contribution in [3.8, 4) is 5.69 Å². The van der Waals surface area contributed by atoms with Gasteiger partial charge in [-0.3, -0.25) is 14.2 Å². The summed E-state index contributed by atoms with van der Waals surface area (Å²) in [5, 5.41) is 0.473. The zero-order valence-electron chi connectivity index (χ0n) is 16.8. The number of halogens is 2. The summed E-state index contributed by atoms with van der Waals surface area (Å²) in [6.45, 7) is 0.587. The van der Waals surface area contributed by atoms with E-state index in [1.165, 1.54) is 6.07 Å². The second-order valence-corrected chi connectivity index (χ2v) is 8.30. The topological polar surface area (TPSA) is 55.2 Å². The van der Waals surface area contributed by atoms with Gasteiger partial charge in [-0.15, -0.1) is 0 Å². The van der Waals surface area contributed by atoms with E-state index < -0.39 is 17.2 Å². The summed E-state index contributed by atoms with van der Waals surface area (Å²) in [7, 11) is 0. The number of carbonyl (C=O) groups is 1. The van der Waals surface area contributed by atoms with E-state index in [0.717, 1.165) is 46.1 Å². The highest BCUT2D eigenvalue weighted by Gasteiger charge is 2.25. The molecule has 0 unspecified atom stereocenters. The molecule has 0 N–H and O–H groups in total. The number of fused-ring (bicyclic) bond motifs is 2. The van der Waals surface area contributed by atoms with Crippen molar-refractivity contribution in [3.63, 3.8) is 0 Å². The van der Waals surface area contributed by atoms with Gasteiger partial charge in [-0.05, 0) is 42.3 Å². The number of hydrogen-bond donors (Lipinski definition) is 0. The maximum Gasteiger partial charge on any atom is 0.266 e. The normalized spacial score (nSPS) is 12.9. The minimum Gasteiger partial charge on any atom is -0.311 e. The van der Waals surface area contributed by atoms with Crippen molar-refractivity contribution in [2.45, 2.75) is 11.6 Å². The number of para-hydroxylation sites is 2. The van der Waals surface area contributed by atoms with E-state index in [9.17, 15) is 18.4 Å². The molecule has 0 saturated carbocycles. The summed E-state index contributed by atoms with van der Waals surface area (Å²) in [4.78, 5) is 32.4. The molecule has 160 valence electrons. The lowest BCUT2D eigenvalue weighted by Gasteiger charge is -2.18. The van der Waals surface area contributed by atoms with Crippen LogP contribution in [0.5, 0.6) is 0 Å². The molecular weight excluding hydrogens is 432 g/mol. The van der Waals surface area contributed by atoms with E-state index in [4.69, 9.17) is 0 Å². The average Bonchev–Trinajstić information content (AvgIpc) is 3.23. The number of rotatable bonds is 4. The molecule has 0 radical (unpaired) electrons. The van der Waals surface area contributed by atoms with E-state index in [0.29, 0.717) is 17.4 Å². The molecule has 1 aromatic heterocycles. The Kier molecular flexibility index (Phi) is 5.22. The Hall–Kier alpha value is -3.52. The fraction of sp³-hybridized carbons (Fsp3) is 0.125. The summed E-state index contributed by atoms with van der Waals surface area (Å²) in [6, 6.07) is 17.5. The molecule has 1 aliphatic heterocycles. The van der Waals surface area contributed by atoms with Crippen LogP contribution in [0.15, 0.2) is 76.7 Å². The maximum absolute atomic E-state index is 14.6. The lowest BCUT2D eigenvalue weighted by atomic mass is 10.2. The molecule has 8 heteroatoms. The summed E-state index contributed by atoms with van der Waals surface area (Å²) >= 11 is 1.05. The van der Waals surface area contributed by atoms with Crippen molar-refractivity contribution < 1.29 is 13.6 Å². The predicted octanol–water partition coefficient (Wildman–Crippen LogP) is 4.35. The monoisotopic (exact) mass is 449 g/mol. The summed E-state index contributed by atoms with van der Waals surface area (Å²) in [5.41, 5.74) is 1.84. The number of aromatic nitrogens is 2. The Morgan fingerprint density at radius 3 is 2.62 bits per heavy atom. The first-order chi connectivity index (χ1) is 15.5. The zero-order valence-corrected chi connectivity index (χ0v) is 17.6. The van der Waals surface area contributed by atoms with Crippen molar-refractivity contribution in [2.75, 3.05) is 17.2 Å². The van der Waals surface area contributed by atoms with E-state index >= 15 is 0 Å². The Morgan fingerprint density at radius 1 is 1.00 bits per heavy atom. The Bertz CT molecular complexity index is 1420. The predicted molar refractivity (Wildman–Crippen MR) is 120 cm³/mol. The van der Waals surface area contributed by atoms with Crippen LogP contribution < -0.4 is 10.5 Å². The highest BCUT2D eigenvalue weighted by atomic mass is 32.2. The number of nitrogens with zero attached hydrogens (tertiary/aromatic N) is 3.